The molecule has 1 N–H and O–H groups in total. The molecule has 192 valence electrons. The highest BCUT2D eigenvalue weighted by molar-refractivity contribution is 5.55. The third-order valence-electron chi connectivity index (χ3n) is 5.35. The molecule has 1 aliphatic rings. The summed E-state index contributed by atoms with van der Waals surface area (Å²) in [5, 5.41) is 2.87. The Morgan fingerprint density at radius 1 is 1.06 bits per heavy atom. The molecule has 1 aromatic heterocycles. The van der Waals surface area contributed by atoms with Crippen LogP contribution in [0.5, 0.6) is 17.2 Å². The van der Waals surface area contributed by atoms with Gasteiger partial charge < -0.3 is 29.0 Å². The summed E-state index contributed by atoms with van der Waals surface area (Å²) in [4.78, 5) is 8.19. The lowest BCUT2D eigenvalue weighted by Crippen LogP contribution is -2.25. The quantitative estimate of drug-likeness (QED) is 0.432. The second kappa shape index (κ2) is 10.6. The largest absolute Gasteiger partial charge is 0.494 e. The van der Waals surface area contributed by atoms with Crippen LogP contribution >= 0.6 is 0 Å². The van der Waals surface area contributed by atoms with Crippen LogP contribution in [0.3, 0.4) is 0 Å². The predicted octanol–water partition coefficient (Wildman–Crippen LogP) is 5.06. The van der Waals surface area contributed by atoms with Gasteiger partial charge in [0.25, 0.3) is 0 Å². The molecule has 3 aromatic rings. The normalized spacial score (nSPS) is 16.6. The molecule has 1 unspecified atom stereocenters. The Morgan fingerprint density at radius 2 is 1.81 bits per heavy atom. The van der Waals surface area contributed by atoms with Gasteiger partial charge in [-0.2, -0.15) is 0 Å². The van der Waals surface area contributed by atoms with Gasteiger partial charge in [-0.1, -0.05) is 0 Å². The summed E-state index contributed by atoms with van der Waals surface area (Å²) in [5.74, 6) is -2.43. The molecule has 1 saturated heterocycles. The SMILES string of the molecule is COc1cc(C)c(F)c(COc2cnc(Nc3ccc(OCC4COC(C)(C)O4)c(F)c3)nc2)c1F. The maximum absolute atomic E-state index is 14.5. The lowest BCUT2D eigenvalue weighted by Gasteiger charge is -2.17. The predicted molar refractivity (Wildman–Crippen MR) is 124 cm³/mol. The van der Waals surface area contributed by atoms with Crippen LogP contribution in [0.25, 0.3) is 0 Å². The van der Waals surface area contributed by atoms with Crippen LogP contribution in [0.15, 0.2) is 36.7 Å². The zero-order valence-electron chi connectivity index (χ0n) is 20.2. The fourth-order valence-electron chi connectivity index (χ4n) is 3.55. The molecule has 0 spiro atoms. The minimum absolute atomic E-state index is 0.0724. The van der Waals surface area contributed by atoms with Crippen molar-refractivity contribution in [1.82, 2.24) is 9.97 Å². The van der Waals surface area contributed by atoms with Crippen molar-refractivity contribution in [1.29, 1.82) is 0 Å². The zero-order valence-corrected chi connectivity index (χ0v) is 20.2. The summed E-state index contributed by atoms with van der Waals surface area (Å²) in [6.07, 6.45) is 2.38. The minimum atomic E-state index is -0.831. The first kappa shape index (κ1) is 25.5. The second-order valence-electron chi connectivity index (χ2n) is 8.57. The molecule has 0 radical (unpaired) electrons. The van der Waals surface area contributed by atoms with Crippen LogP contribution < -0.4 is 19.5 Å². The number of rotatable bonds is 9. The lowest BCUT2D eigenvalue weighted by molar-refractivity contribution is -0.141. The summed E-state index contributed by atoms with van der Waals surface area (Å²) < 4.78 is 70.2. The van der Waals surface area contributed by atoms with Crippen LogP contribution in [0, 0.1) is 24.4 Å². The Labute approximate surface area is 206 Å². The number of ether oxygens (including phenoxy) is 5. The van der Waals surface area contributed by atoms with Crippen LogP contribution in [0.2, 0.25) is 0 Å². The third kappa shape index (κ3) is 5.97. The molecule has 1 atom stereocenters. The van der Waals surface area contributed by atoms with Gasteiger partial charge in [0, 0.05) is 11.8 Å². The summed E-state index contributed by atoms with van der Waals surface area (Å²) in [6.45, 7) is 5.25. The molecule has 0 saturated carbocycles. The Hall–Kier alpha value is -3.57. The van der Waals surface area contributed by atoms with E-state index < -0.39 is 23.2 Å². The van der Waals surface area contributed by atoms with Gasteiger partial charge in [-0.05, 0) is 44.5 Å². The van der Waals surface area contributed by atoms with Gasteiger partial charge in [0.2, 0.25) is 5.95 Å². The molecule has 0 bridgehead atoms. The van der Waals surface area contributed by atoms with Crippen molar-refractivity contribution >= 4 is 11.6 Å². The minimum Gasteiger partial charge on any atom is -0.494 e. The Kier molecular flexibility index (Phi) is 7.51. The van der Waals surface area contributed by atoms with Crippen molar-refractivity contribution in [2.45, 2.75) is 39.3 Å². The molecule has 8 nitrogen and oxygen atoms in total. The monoisotopic (exact) mass is 505 g/mol. The van der Waals surface area contributed by atoms with E-state index in [2.05, 4.69) is 15.3 Å². The lowest BCUT2D eigenvalue weighted by atomic mass is 10.1. The van der Waals surface area contributed by atoms with E-state index in [0.717, 1.165) is 0 Å². The number of nitrogens with one attached hydrogen (secondary N) is 1. The number of hydrogen-bond acceptors (Lipinski definition) is 8. The van der Waals surface area contributed by atoms with Crippen molar-refractivity contribution < 1.29 is 36.9 Å². The molecule has 1 aliphatic heterocycles. The average molecular weight is 505 g/mol. The van der Waals surface area contributed by atoms with Crippen LogP contribution in [-0.2, 0) is 16.1 Å². The van der Waals surface area contributed by atoms with Gasteiger partial charge in [0.15, 0.2) is 34.7 Å². The number of anilines is 2. The molecule has 1 fully saturated rings. The fraction of sp³-hybridized carbons (Fsp3) is 0.360. The number of halogens is 3. The number of methoxy groups -OCH3 is 1. The van der Waals surface area contributed by atoms with Crippen molar-refractivity contribution in [2.75, 3.05) is 25.6 Å². The Morgan fingerprint density at radius 3 is 2.44 bits per heavy atom. The number of aryl methyl sites for hydroxylation is 1. The van der Waals surface area contributed by atoms with Gasteiger partial charge in [0.05, 0.1) is 31.7 Å². The molecular weight excluding hydrogens is 479 g/mol. The first-order valence-corrected chi connectivity index (χ1v) is 11.1. The van der Waals surface area contributed by atoms with E-state index in [1.807, 2.05) is 0 Å². The van der Waals surface area contributed by atoms with E-state index in [-0.39, 0.29) is 53.6 Å². The first-order chi connectivity index (χ1) is 17.1. The standard InChI is InChI=1S/C25H26F3N3O5/c1-14-7-21(32-4)23(28)18(22(14)27)13-33-16-9-29-24(30-10-16)31-15-5-6-20(19(26)8-15)34-11-17-12-35-25(2,3)36-17/h5-10,17H,11-13H2,1-4H3,(H,29,30,31). The van der Waals surface area contributed by atoms with E-state index in [9.17, 15) is 13.2 Å². The van der Waals surface area contributed by atoms with E-state index >= 15 is 0 Å². The summed E-state index contributed by atoms with van der Waals surface area (Å²) >= 11 is 0. The molecule has 11 heteroatoms. The van der Waals surface area contributed by atoms with E-state index in [1.54, 1.807) is 19.9 Å². The zero-order chi connectivity index (χ0) is 25.9. The first-order valence-electron chi connectivity index (χ1n) is 11.1. The highest BCUT2D eigenvalue weighted by atomic mass is 19.1. The fourth-order valence-corrected chi connectivity index (χ4v) is 3.55. The Balaban J connectivity index is 1.33. The second-order valence-corrected chi connectivity index (χ2v) is 8.57. The molecule has 2 aromatic carbocycles. The molecule has 36 heavy (non-hydrogen) atoms. The number of benzene rings is 2. The molecule has 2 heterocycles. The maximum Gasteiger partial charge on any atom is 0.227 e. The van der Waals surface area contributed by atoms with Crippen molar-refractivity contribution in [3.05, 3.63) is 65.2 Å². The molecular formula is C25H26F3N3O5. The molecule has 0 amide bonds. The average Bonchev–Trinajstić information content (AvgIpc) is 3.20. The van der Waals surface area contributed by atoms with E-state index in [1.165, 1.54) is 44.6 Å². The summed E-state index contributed by atoms with van der Waals surface area (Å²) in [7, 11) is 1.30. The Bertz CT molecular complexity index is 1220. The van der Waals surface area contributed by atoms with Gasteiger partial charge in [-0.15, -0.1) is 0 Å². The van der Waals surface area contributed by atoms with Crippen molar-refractivity contribution in [3.8, 4) is 17.2 Å². The highest BCUT2D eigenvalue weighted by Gasteiger charge is 2.33. The van der Waals surface area contributed by atoms with Crippen LogP contribution in [0.1, 0.15) is 25.0 Å². The number of aromatic nitrogens is 2. The molecule has 4 rings (SSSR count). The van der Waals surface area contributed by atoms with Crippen LogP contribution in [0.4, 0.5) is 24.8 Å². The number of nitrogens with zero attached hydrogens (tertiary/aromatic N) is 2. The van der Waals surface area contributed by atoms with Crippen LogP contribution in [-0.4, -0.2) is 42.2 Å². The third-order valence-corrected chi connectivity index (χ3v) is 5.35. The van der Waals surface area contributed by atoms with Gasteiger partial charge in [-0.3, -0.25) is 0 Å². The van der Waals surface area contributed by atoms with E-state index in [0.29, 0.717) is 12.3 Å². The maximum atomic E-state index is 14.5. The topological polar surface area (TPSA) is 84.0 Å². The number of hydrogen-bond donors (Lipinski definition) is 1. The summed E-state index contributed by atoms with van der Waals surface area (Å²) in [6, 6.07) is 5.61. The van der Waals surface area contributed by atoms with Crippen molar-refractivity contribution in [3.63, 3.8) is 0 Å². The van der Waals surface area contributed by atoms with E-state index in [4.69, 9.17) is 23.7 Å². The highest BCUT2D eigenvalue weighted by Crippen LogP contribution is 2.28. The summed E-state index contributed by atoms with van der Waals surface area (Å²) in [5.41, 5.74) is 0.366. The smallest absolute Gasteiger partial charge is 0.227 e. The van der Waals surface area contributed by atoms with Crippen molar-refractivity contribution in [2.24, 2.45) is 0 Å². The van der Waals surface area contributed by atoms with Gasteiger partial charge in [0.1, 0.15) is 25.1 Å². The molecule has 0 aliphatic carbocycles. The van der Waals surface area contributed by atoms with Gasteiger partial charge in [-0.25, -0.2) is 23.1 Å². The van der Waals surface area contributed by atoms with Gasteiger partial charge >= 0.3 is 0 Å².